The van der Waals surface area contributed by atoms with E-state index in [1.54, 1.807) is 0 Å². The van der Waals surface area contributed by atoms with Crippen molar-refractivity contribution in [2.75, 3.05) is 0 Å². The first-order valence-electron chi connectivity index (χ1n) is 2.48. The van der Waals surface area contributed by atoms with Gasteiger partial charge in [-0.15, -0.1) is 0 Å². The third-order valence-corrected chi connectivity index (χ3v) is 0. The molecule has 0 N–H and O–H groups in total. The van der Waals surface area contributed by atoms with E-state index in [0.29, 0.717) is 0 Å². The van der Waals surface area contributed by atoms with Crippen molar-refractivity contribution in [3.63, 3.8) is 0 Å². The van der Waals surface area contributed by atoms with Gasteiger partial charge in [0.2, 0.25) is 0 Å². The molecule has 0 aliphatic carbocycles. The maximum atomic E-state index is 8.89. The fourth-order valence-corrected chi connectivity index (χ4v) is 0. The molecule has 12 heteroatoms. The van der Waals surface area contributed by atoms with Gasteiger partial charge < -0.3 is 28.9 Å². The largest absolute Gasteiger partial charge is 2.00 e. The Morgan fingerprint density at radius 1 is 0.875 bits per heavy atom. The van der Waals surface area contributed by atoms with Crippen molar-refractivity contribution in [2.45, 2.75) is 13.8 Å². The van der Waals surface area contributed by atoms with Crippen molar-refractivity contribution in [1.29, 1.82) is 0 Å². The third-order valence-electron chi connectivity index (χ3n) is 0. The van der Waals surface area contributed by atoms with Gasteiger partial charge in [0.1, 0.15) is 0 Å². The number of aliphatic carboxylic acids is 2. The summed E-state index contributed by atoms with van der Waals surface area (Å²) in [5, 5.41) is 17.8. The van der Waals surface area contributed by atoms with Crippen LogP contribution in [0.15, 0.2) is 0 Å². The Kier molecular flexibility index (Phi) is 54.4. The Hall–Kier alpha value is 3.65. The maximum absolute atomic E-state index is 8.89. The molecular formula is C4H6BaK2O8S. The molecule has 0 aromatic carbocycles. The Labute approximate surface area is 219 Å². The summed E-state index contributed by atoms with van der Waals surface area (Å²) in [7, 11) is -5.17. The topological polar surface area (TPSA) is 161 Å². The second-order valence-electron chi connectivity index (χ2n) is 1.39. The van der Waals surface area contributed by atoms with Gasteiger partial charge in [-0.1, -0.05) is 0 Å². The van der Waals surface area contributed by atoms with Crippen LogP contribution in [0.2, 0.25) is 0 Å². The summed E-state index contributed by atoms with van der Waals surface area (Å²) in [4.78, 5) is 17.8. The smallest absolute Gasteiger partial charge is 0.759 e. The van der Waals surface area contributed by atoms with Crippen LogP contribution >= 0.6 is 0 Å². The first-order valence-corrected chi connectivity index (χ1v) is 3.82. The minimum Gasteiger partial charge on any atom is -0.759 e. The maximum Gasteiger partial charge on any atom is 2.00 e. The molecule has 8 nitrogen and oxygen atoms in total. The van der Waals surface area contributed by atoms with Gasteiger partial charge >= 0.3 is 152 Å². The fraction of sp³-hybridized carbons (Fsp3) is 0.500. The van der Waals surface area contributed by atoms with Gasteiger partial charge in [0.05, 0.1) is 0 Å². The number of hydrogen-bond acceptors (Lipinski definition) is 8. The number of hydrogen-bond donors (Lipinski definition) is 0. The van der Waals surface area contributed by atoms with Gasteiger partial charge in [-0.25, -0.2) is 0 Å². The summed E-state index contributed by atoms with van der Waals surface area (Å²) in [6, 6.07) is 0. The van der Waals surface area contributed by atoms with E-state index in [-0.39, 0.29) is 152 Å². The van der Waals surface area contributed by atoms with Gasteiger partial charge in [-0.05, 0) is 13.8 Å². The number of carbonyl (C=O) groups is 2. The quantitative estimate of drug-likeness (QED) is 0.208. The first-order chi connectivity index (χ1) is 5.46. The molecule has 80 valence electrons. The second-order valence-corrected chi connectivity index (χ2v) is 2.21. The molecule has 0 heterocycles. The summed E-state index contributed by atoms with van der Waals surface area (Å²) in [6.07, 6.45) is 0. The van der Waals surface area contributed by atoms with Crippen molar-refractivity contribution in [3.8, 4) is 0 Å². The molecule has 0 rings (SSSR count). The van der Waals surface area contributed by atoms with E-state index < -0.39 is 22.3 Å². The van der Waals surface area contributed by atoms with Crippen molar-refractivity contribution < 1.29 is 140 Å². The number of carbonyl (C=O) groups excluding carboxylic acids is 2. The van der Waals surface area contributed by atoms with Crippen molar-refractivity contribution in [3.05, 3.63) is 0 Å². The number of carboxylic acids is 2. The van der Waals surface area contributed by atoms with Crippen LogP contribution in [0.4, 0.5) is 0 Å². The van der Waals surface area contributed by atoms with Crippen LogP contribution in [0.3, 0.4) is 0 Å². The van der Waals surface area contributed by atoms with E-state index in [9.17, 15) is 0 Å². The van der Waals surface area contributed by atoms with E-state index in [4.69, 9.17) is 37.3 Å². The Balaban J connectivity index is -0.0000000216. The van der Waals surface area contributed by atoms with Crippen LogP contribution in [0.25, 0.3) is 0 Å². The summed E-state index contributed by atoms with van der Waals surface area (Å²) >= 11 is 0. The second kappa shape index (κ2) is 23.7. The minimum atomic E-state index is -5.17. The molecule has 16 heavy (non-hydrogen) atoms. The third kappa shape index (κ3) is 367. The van der Waals surface area contributed by atoms with Gasteiger partial charge in [0, 0.05) is 22.3 Å². The molecule has 0 unspecified atom stereocenters. The average molecular weight is 430 g/mol. The molecular weight excluding hydrogens is 424 g/mol. The van der Waals surface area contributed by atoms with Crippen molar-refractivity contribution in [1.82, 2.24) is 0 Å². The Bertz CT molecular complexity index is 225. The van der Waals surface area contributed by atoms with Crippen LogP contribution in [0.5, 0.6) is 0 Å². The zero-order chi connectivity index (χ0) is 11.7. The Morgan fingerprint density at radius 3 is 0.875 bits per heavy atom. The Morgan fingerprint density at radius 2 is 0.875 bits per heavy atom. The SMILES string of the molecule is CC(=O)[O-].CC(=O)[O-].O=S(=O)([O-])[O-].[Ba+2].[K+].[K+]. The van der Waals surface area contributed by atoms with Gasteiger partial charge in [0.15, 0.2) is 0 Å². The summed E-state index contributed by atoms with van der Waals surface area (Å²) < 4.78 is 34.1. The van der Waals surface area contributed by atoms with E-state index >= 15 is 0 Å². The first kappa shape index (κ1) is 36.7. The zero-order valence-corrected chi connectivity index (χ0v) is 20.9. The van der Waals surface area contributed by atoms with Gasteiger partial charge in [0.25, 0.3) is 0 Å². The van der Waals surface area contributed by atoms with E-state index in [2.05, 4.69) is 0 Å². The van der Waals surface area contributed by atoms with E-state index in [1.165, 1.54) is 0 Å². The van der Waals surface area contributed by atoms with Crippen LogP contribution < -0.4 is 113 Å². The minimum absolute atomic E-state index is 0. The molecule has 0 fully saturated rings. The number of rotatable bonds is 0. The molecule has 0 aromatic heterocycles. The van der Waals surface area contributed by atoms with E-state index in [1.807, 2.05) is 0 Å². The normalized spacial score (nSPS) is 6.75. The molecule has 0 saturated heterocycles. The van der Waals surface area contributed by atoms with Crippen LogP contribution in [0.1, 0.15) is 13.8 Å². The van der Waals surface area contributed by atoms with Crippen LogP contribution in [-0.4, -0.2) is 78.3 Å². The number of carboxylic acid groups (broad SMARTS) is 2. The predicted octanol–water partition coefficient (Wildman–Crippen LogP) is -10.2. The summed E-state index contributed by atoms with van der Waals surface area (Å²) in [6.45, 7) is 1.94. The molecule has 0 aromatic rings. The summed E-state index contributed by atoms with van der Waals surface area (Å²) in [5.41, 5.74) is 0. The molecule has 0 saturated carbocycles. The van der Waals surface area contributed by atoms with Crippen molar-refractivity contribution in [2.24, 2.45) is 0 Å². The predicted molar refractivity (Wildman–Crippen MR) is 37.6 cm³/mol. The van der Waals surface area contributed by atoms with Crippen LogP contribution in [-0.2, 0) is 20.0 Å². The molecule has 0 aliphatic rings. The van der Waals surface area contributed by atoms with Crippen molar-refractivity contribution >= 4 is 71.2 Å². The molecule has 0 amide bonds. The molecule has 0 bridgehead atoms. The molecule has 0 atom stereocenters. The van der Waals surface area contributed by atoms with Gasteiger partial charge in [-0.2, -0.15) is 0 Å². The zero-order valence-electron chi connectivity index (χ0n) is 9.38. The van der Waals surface area contributed by atoms with Gasteiger partial charge in [-0.3, -0.25) is 8.42 Å². The summed E-state index contributed by atoms with van der Waals surface area (Å²) in [5.74, 6) is -2.17. The standard InChI is InChI=1S/2C2H4O2.Ba.2K.H2O4S/c2*1-2(3)4;;;;1-5(2,3)4/h2*1H3,(H,3,4);;;;(H2,1,2,3,4)/q;;+2;2*+1;/p-4. The fourth-order valence-electron chi connectivity index (χ4n) is 0. The monoisotopic (exact) mass is 430 g/mol. The molecule has 0 aliphatic heterocycles. The average Bonchev–Trinajstić information content (AvgIpc) is 1.50. The van der Waals surface area contributed by atoms with E-state index in [0.717, 1.165) is 13.8 Å². The molecule has 0 spiro atoms. The molecule has 0 radical (unpaired) electrons. The van der Waals surface area contributed by atoms with Crippen LogP contribution in [0, 0.1) is 0 Å².